The van der Waals surface area contributed by atoms with Gasteiger partial charge in [0, 0.05) is 29.9 Å². The predicted octanol–water partition coefficient (Wildman–Crippen LogP) is 5.95. The number of allylic oxidation sites excluding steroid dienone is 3. The summed E-state index contributed by atoms with van der Waals surface area (Å²) in [5.41, 5.74) is 5.38. The molecular weight excluding hydrogens is 364 g/mol. The molecule has 2 saturated heterocycles. The second-order valence-electron chi connectivity index (χ2n) is 8.40. The van der Waals surface area contributed by atoms with Crippen LogP contribution in [0.5, 0.6) is 0 Å². The van der Waals surface area contributed by atoms with Crippen molar-refractivity contribution in [2.45, 2.75) is 62.0 Å². The molecule has 5 rings (SSSR count). The Hall–Kier alpha value is -1.90. The molecule has 2 aliphatic heterocycles. The second kappa shape index (κ2) is 7.50. The third-order valence-electron chi connectivity index (χ3n) is 6.88. The Morgan fingerprint density at radius 2 is 1.96 bits per heavy atom. The number of rotatable bonds is 4. The van der Waals surface area contributed by atoms with Gasteiger partial charge in [-0.1, -0.05) is 48.6 Å². The van der Waals surface area contributed by atoms with E-state index in [1.807, 2.05) is 12.3 Å². The zero-order chi connectivity index (χ0) is 19.1. The number of alkyl halides is 1. The molecule has 0 radical (unpaired) electrons. The molecule has 0 saturated carbocycles. The van der Waals surface area contributed by atoms with E-state index in [9.17, 15) is 0 Å². The van der Waals surface area contributed by atoms with Crippen LogP contribution < -0.4 is 0 Å². The van der Waals surface area contributed by atoms with Gasteiger partial charge in [-0.05, 0) is 61.4 Å². The van der Waals surface area contributed by atoms with Crippen LogP contribution in [-0.4, -0.2) is 27.3 Å². The molecular formula is C25H27ClN2. The van der Waals surface area contributed by atoms with Crippen LogP contribution in [0, 0.1) is 6.92 Å². The minimum absolute atomic E-state index is 0.0721. The molecule has 3 heterocycles. The Bertz CT molecular complexity index is 904. The number of halogens is 1. The van der Waals surface area contributed by atoms with Gasteiger partial charge in [-0.2, -0.15) is 0 Å². The molecule has 28 heavy (non-hydrogen) atoms. The number of hydrogen-bond acceptors (Lipinski definition) is 2. The Morgan fingerprint density at radius 1 is 1.11 bits per heavy atom. The van der Waals surface area contributed by atoms with E-state index in [1.165, 1.54) is 41.7 Å². The highest BCUT2D eigenvalue weighted by molar-refractivity contribution is 6.22. The van der Waals surface area contributed by atoms with Crippen molar-refractivity contribution >= 4 is 11.6 Å². The van der Waals surface area contributed by atoms with E-state index in [-0.39, 0.29) is 11.4 Å². The largest absolute Gasteiger partial charge is 0.286 e. The fourth-order valence-corrected chi connectivity index (χ4v) is 5.93. The van der Waals surface area contributed by atoms with Gasteiger partial charge in [-0.25, -0.2) is 0 Å². The first-order valence-electron chi connectivity index (χ1n) is 10.5. The second-order valence-corrected chi connectivity index (χ2v) is 8.93. The van der Waals surface area contributed by atoms with E-state index in [0.29, 0.717) is 18.0 Å². The van der Waals surface area contributed by atoms with Gasteiger partial charge in [0.1, 0.15) is 0 Å². The lowest BCUT2D eigenvalue weighted by molar-refractivity contribution is 0.193. The molecule has 2 aromatic rings. The monoisotopic (exact) mass is 390 g/mol. The zero-order valence-corrected chi connectivity index (χ0v) is 17.1. The summed E-state index contributed by atoms with van der Waals surface area (Å²) in [7, 11) is 0. The Labute approximate surface area is 172 Å². The molecule has 0 N–H and O–H groups in total. The number of benzene rings is 1. The van der Waals surface area contributed by atoms with Crippen LogP contribution in [0.25, 0.3) is 0 Å². The van der Waals surface area contributed by atoms with Crippen molar-refractivity contribution in [1.29, 1.82) is 0 Å². The number of aromatic nitrogens is 1. The van der Waals surface area contributed by atoms with E-state index in [4.69, 9.17) is 16.6 Å². The van der Waals surface area contributed by atoms with Crippen LogP contribution >= 0.6 is 11.6 Å². The van der Waals surface area contributed by atoms with E-state index >= 15 is 0 Å². The van der Waals surface area contributed by atoms with Crippen molar-refractivity contribution in [2.75, 3.05) is 0 Å². The van der Waals surface area contributed by atoms with Crippen molar-refractivity contribution in [3.63, 3.8) is 0 Å². The molecule has 2 fully saturated rings. The number of nitrogens with zero attached hydrogens (tertiary/aromatic N) is 2. The van der Waals surface area contributed by atoms with Crippen LogP contribution in [0.15, 0.2) is 72.5 Å². The van der Waals surface area contributed by atoms with Gasteiger partial charge in [0.15, 0.2) is 0 Å². The molecule has 1 aliphatic carbocycles. The first-order valence-corrected chi connectivity index (χ1v) is 10.9. The Balaban J connectivity index is 1.58. The van der Waals surface area contributed by atoms with Crippen LogP contribution in [0.3, 0.4) is 0 Å². The van der Waals surface area contributed by atoms with Gasteiger partial charge in [-0.15, -0.1) is 11.6 Å². The molecule has 1 aromatic heterocycles. The quantitative estimate of drug-likeness (QED) is 0.600. The van der Waals surface area contributed by atoms with Crippen LogP contribution in [0.1, 0.15) is 54.5 Å². The van der Waals surface area contributed by atoms with E-state index in [2.05, 4.69) is 66.4 Å². The molecule has 3 heteroatoms. The minimum atomic E-state index is 0.0721. The van der Waals surface area contributed by atoms with Gasteiger partial charge in [0.05, 0.1) is 11.4 Å². The molecule has 5 atom stereocenters. The summed E-state index contributed by atoms with van der Waals surface area (Å²) < 4.78 is 0. The highest BCUT2D eigenvalue weighted by atomic mass is 35.5. The number of hydrogen-bond donors (Lipinski definition) is 0. The van der Waals surface area contributed by atoms with Crippen molar-refractivity contribution in [2.24, 2.45) is 0 Å². The minimum Gasteiger partial charge on any atom is -0.286 e. The Kier molecular flexibility index (Phi) is 4.86. The molecule has 3 aliphatic rings. The average Bonchev–Trinajstić information content (AvgIpc) is 3.30. The van der Waals surface area contributed by atoms with E-state index in [1.54, 1.807) is 0 Å². The van der Waals surface area contributed by atoms with Gasteiger partial charge in [0.25, 0.3) is 0 Å². The van der Waals surface area contributed by atoms with Gasteiger partial charge in [0.2, 0.25) is 0 Å². The van der Waals surface area contributed by atoms with E-state index < -0.39 is 0 Å². The Morgan fingerprint density at radius 3 is 2.75 bits per heavy atom. The third-order valence-corrected chi connectivity index (χ3v) is 7.31. The fraction of sp³-hybridized carbons (Fsp3) is 0.400. The topological polar surface area (TPSA) is 16.1 Å². The van der Waals surface area contributed by atoms with Gasteiger partial charge < -0.3 is 0 Å². The summed E-state index contributed by atoms with van der Waals surface area (Å²) in [6.07, 6.45) is 13.2. The molecule has 0 amide bonds. The van der Waals surface area contributed by atoms with E-state index in [0.717, 1.165) is 6.42 Å². The van der Waals surface area contributed by atoms with Crippen molar-refractivity contribution in [3.05, 3.63) is 89.3 Å². The maximum atomic E-state index is 6.87. The smallest absolute Gasteiger partial charge is 0.0601 e. The van der Waals surface area contributed by atoms with Crippen molar-refractivity contribution < 1.29 is 0 Å². The molecule has 2 bridgehead atoms. The maximum absolute atomic E-state index is 6.87. The average molecular weight is 391 g/mol. The van der Waals surface area contributed by atoms with Gasteiger partial charge >= 0.3 is 0 Å². The summed E-state index contributed by atoms with van der Waals surface area (Å²) in [6.45, 7) is 2.24. The maximum Gasteiger partial charge on any atom is 0.0601 e. The van der Waals surface area contributed by atoms with Crippen molar-refractivity contribution in [3.8, 4) is 0 Å². The highest BCUT2D eigenvalue weighted by Crippen LogP contribution is 2.53. The van der Waals surface area contributed by atoms with Crippen molar-refractivity contribution in [1.82, 2.24) is 9.88 Å². The van der Waals surface area contributed by atoms with Crippen LogP contribution in [0.2, 0.25) is 0 Å². The molecule has 2 nitrogen and oxygen atoms in total. The lowest BCUT2D eigenvalue weighted by atomic mass is 9.86. The molecule has 0 spiro atoms. The first kappa shape index (κ1) is 18.1. The van der Waals surface area contributed by atoms with Crippen LogP contribution in [0.4, 0.5) is 0 Å². The molecule has 144 valence electrons. The lowest BCUT2D eigenvalue weighted by Crippen LogP contribution is -2.37. The highest BCUT2D eigenvalue weighted by Gasteiger charge is 2.51. The summed E-state index contributed by atoms with van der Waals surface area (Å²) in [5.74, 6) is 0.528. The fourth-order valence-electron chi connectivity index (χ4n) is 5.63. The summed E-state index contributed by atoms with van der Waals surface area (Å²) in [4.78, 5) is 7.51. The lowest BCUT2D eigenvalue weighted by Gasteiger charge is -2.38. The first-order chi connectivity index (χ1) is 13.7. The summed E-state index contributed by atoms with van der Waals surface area (Å²) in [6, 6.07) is 16.6. The number of aryl methyl sites for hydroxylation is 1. The zero-order valence-electron chi connectivity index (χ0n) is 16.3. The summed E-state index contributed by atoms with van der Waals surface area (Å²) in [5, 5.41) is 0.0721. The van der Waals surface area contributed by atoms with Crippen LogP contribution in [-0.2, 0) is 0 Å². The normalized spacial score (nSPS) is 30.4. The summed E-state index contributed by atoms with van der Waals surface area (Å²) >= 11 is 6.87. The predicted molar refractivity (Wildman–Crippen MR) is 116 cm³/mol. The molecule has 1 aromatic carbocycles. The van der Waals surface area contributed by atoms with Gasteiger partial charge in [-0.3, -0.25) is 9.88 Å². The number of pyridine rings is 1. The standard InChI is InChI=1S/C25H27ClN2/c1-17-8-2-3-9-19(17)25(20-10-4-5-11-22(20)26)28-18-13-14-24(28)21(16-18)23-12-6-7-15-27-23/h2-10,12,15,18,21-22,24-25H,11,13-14,16H2,1H3. The molecule has 5 unspecified atom stereocenters. The number of fused-ring (bicyclic) bond motifs is 2. The SMILES string of the molecule is Cc1ccccc1C(C1=CC=CCC1Cl)N1C2CCC1C(c1ccccn1)C2. The third kappa shape index (κ3) is 3.03.